The Morgan fingerprint density at radius 1 is 1.42 bits per heavy atom. The van der Waals surface area contributed by atoms with E-state index in [0.29, 0.717) is 12.4 Å². The molecule has 0 aliphatic carbocycles. The molecule has 1 aliphatic heterocycles. The minimum Gasteiger partial charge on any atom is -0.492 e. The lowest BCUT2D eigenvalue weighted by Crippen LogP contribution is -2.16. The Balaban J connectivity index is 2.36. The van der Waals surface area contributed by atoms with Crippen LogP contribution in [0.3, 0.4) is 0 Å². The van der Waals surface area contributed by atoms with E-state index in [1.165, 1.54) is 12.1 Å². The molecule has 64 valence electrons. The monoisotopic (exact) mass is 167 g/mol. The first-order chi connectivity index (χ1) is 5.86. The van der Waals surface area contributed by atoms with E-state index < -0.39 is 0 Å². The van der Waals surface area contributed by atoms with Crippen LogP contribution in [0.25, 0.3) is 0 Å². The highest BCUT2D eigenvalue weighted by molar-refractivity contribution is 5.34. The second kappa shape index (κ2) is 3.11. The quantitative estimate of drug-likeness (QED) is 0.629. The molecule has 2 nitrogen and oxygen atoms in total. The summed E-state index contributed by atoms with van der Waals surface area (Å²) in [7, 11) is 0. The van der Waals surface area contributed by atoms with E-state index in [1.54, 1.807) is 6.07 Å². The van der Waals surface area contributed by atoms with E-state index >= 15 is 0 Å². The summed E-state index contributed by atoms with van der Waals surface area (Å²) < 4.78 is 18.1. The van der Waals surface area contributed by atoms with Gasteiger partial charge in [0.1, 0.15) is 18.2 Å². The van der Waals surface area contributed by atoms with Crippen LogP contribution in [0.2, 0.25) is 0 Å². The third-order valence-electron chi connectivity index (χ3n) is 1.88. The van der Waals surface area contributed by atoms with Crippen LogP contribution < -0.4 is 10.1 Å². The van der Waals surface area contributed by atoms with Crippen molar-refractivity contribution in [3.05, 3.63) is 29.6 Å². The van der Waals surface area contributed by atoms with Crippen LogP contribution in [0.15, 0.2) is 18.2 Å². The average molecular weight is 167 g/mol. The number of benzene rings is 1. The predicted octanol–water partition coefficient (Wildman–Crippen LogP) is 1.31. The first-order valence-electron chi connectivity index (χ1n) is 3.98. The molecule has 0 saturated heterocycles. The topological polar surface area (TPSA) is 21.3 Å². The Bertz CT molecular complexity index is 288. The van der Waals surface area contributed by atoms with Gasteiger partial charge in [-0.05, 0) is 6.07 Å². The molecule has 1 aliphatic rings. The van der Waals surface area contributed by atoms with Gasteiger partial charge in [-0.2, -0.15) is 0 Å². The smallest absolute Gasteiger partial charge is 0.126 e. The van der Waals surface area contributed by atoms with Gasteiger partial charge in [0, 0.05) is 24.7 Å². The zero-order valence-corrected chi connectivity index (χ0v) is 6.64. The molecule has 0 atom stereocenters. The second-order valence-electron chi connectivity index (χ2n) is 2.78. The highest BCUT2D eigenvalue weighted by Gasteiger charge is 2.08. The van der Waals surface area contributed by atoms with Gasteiger partial charge in [0.25, 0.3) is 0 Å². The molecule has 0 amide bonds. The fraction of sp³-hybridized carbons (Fsp3) is 0.333. The molecule has 0 fully saturated rings. The van der Waals surface area contributed by atoms with Gasteiger partial charge in [-0.15, -0.1) is 0 Å². The summed E-state index contributed by atoms with van der Waals surface area (Å²) in [6.45, 7) is 2.18. The Labute approximate surface area is 70.3 Å². The molecule has 0 bridgehead atoms. The summed E-state index contributed by atoms with van der Waals surface area (Å²) in [5, 5.41) is 3.18. The maximum absolute atomic E-state index is 12.7. The molecule has 0 aromatic heterocycles. The van der Waals surface area contributed by atoms with Crippen LogP contribution in [0.1, 0.15) is 5.56 Å². The van der Waals surface area contributed by atoms with E-state index in [9.17, 15) is 4.39 Å². The minimum absolute atomic E-state index is 0.240. The third kappa shape index (κ3) is 1.41. The molecule has 1 N–H and O–H groups in total. The Hall–Kier alpha value is -1.09. The molecule has 0 radical (unpaired) electrons. The number of ether oxygens (including phenoxy) is 1. The molecule has 0 unspecified atom stereocenters. The largest absolute Gasteiger partial charge is 0.492 e. The predicted molar refractivity (Wildman–Crippen MR) is 43.6 cm³/mol. The van der Waals surface area contributed by atoms with Crippen molar-refractivity contribution in [2.75, 3.05) is 13.2 Å². The number of halogens is 1. The second-order valence-corrected chi connectivity index (χ2v) is 2.78. The first kappa shape index (κ1) is 7.55. The fourth-order valence-electron chi connectivity index (χ4n) is 1.27. The molecule has 3 heteroatoms. The lowest BCUT2D eigenvalue weighted by molar-refractivity contribution is 0.324. The summed E-state index contributed by atoms with van der Waals surface area (Å²) in [5.41, 5.74) is 1.02. The van der Waals surface area contributed by atoms with Crippen molar-refractivity contribution >= 4 is 0 Å². The van der Waals surface area contributed by atoms with Gasteiger partial charge in [-0.25, -0.2) is 4.39 Å². The maximum Gasteiger partial charge on any atom is 0.126 e. The summed E-state index contributed by atoms with van der Waals surface area (Å²) >= 11 is 0. The lowest BCUT2D eigenvalue weighted by Gasteiger charge is -2.04. The maximum atomic E-state index is 12.7. The van der Waals surface area contributed by atoms with Crippen molar-refractivity contribution in [3.63, 3.8) is 0 Å². The summed E-state index contributed by atoms with van der Waals surface area (Å²) in [6, 6.07) is 4.64. The zero-order chi connectivity index (χ0) is 8.39. The number of nitrogens with one attached hydrogen (secondary N) is 1. The Kier molecular flexibility index (Phi) is 1.96. The van der Waals surface area contributed by atoms with Crippen molar-refractivity contribution in [1.82, 2.24) is 5.32 Å². The van der Waals surface area contributed by atoms with Crippen LogP contribution in [-0.4, -0.2) is 13.2 Å². The number of rotatable bonds is 0. The van der Waals surface area contributed by atoms with Crippen LogP contribution in [0.4, 0.5) is 4.39 Å². The highest BCUT2D eigenvalue weighted by Crippen LogP contribution is 2.20. The van der Waals surface area contributed by atoms with E-state index in [2.05, 4.69) is 5.32 Å². The minimum atomic E-state index is -0.240. The molecule has 1 aromatic rings. The molecule has 12 heavy (non-hydrogen) atoms. The van der Waals surface area contributed by atoms with E-state index in [0.717, 1.165) is 18.7 Å². The molecule has 2 rings (SSSR count). The molecule has 0 saturated carbocycles. The summed E-state index contributed by atoms with van der Waals surface area (Å²) in [4.78, 5) is 0. The van der Waals surface area contributed by atoms with Gasteiger partial charge in [0.05, 0.1) is 0 Å². The van der Waals surface area contributed by atoms with Gasteiger partial charge < -0.3 is 10.1 Å². The van der Waals surface area contributed by atoms with E-state index in [-0.39, 0.29) is 5.82 Å². The SMILES string of the molecule is Fc1ccc2c(c1)OCCNC2. The van der Waals surface area contributed by atoms with E-state index in [4.69, 9.17) is 4.74 Å². The van der Waals surface area contributed by atoms with Crippen molar-refractivity contribution in [2.24, 2.45) is 0 Å². The van der Waals surface area contributed by atoms with E-state index in [1.807, 2.05) is 0 Å². The van der Waals surface area contributed by atoms with Crippen LogP contribution in [0, 0.1) is 5.82 Å². The lowest BCUT2D eigenvalue weighted by atomic mass is 10.2. The molecule has 1 aromatic carbocycles. The third-order valence-corrected chi connectivity index (χ3v) is 1.88. The van der Waals surface area contributed by atoms with Crippen LogP contribution in [-0.2, 0) is 6.54 Å². The summed E-state index contributed by atoms with van der Waals surface area (Å²) in [5.74, 6) is 0.427. The normalized spacial score (nSPS) is 16.1. The van der Waals surface area contributed by atoms with Crippen molar-refractivity contribution in [2.45, 2.75) is 6.54 Å². The molecule has 0 spiro atoms. The van der Waals surface area contributed by atoms with Crippen LogP contribution >= 0.6 is 0 Å². The number of hydrogen-bond donors (Lipinski definition) is 1. The van der Waals surface area contributed by atoms with Crippen molar-refractivity contribution in [3.8, 4) is 5.75 Å². The molecular weight excluding hydrogens is 157 g/mol. The van der Waals surface area contributed by atoms with Crippen molar-refractivity contribution < 1.29 is 9.13 Å². The molecule has 1 heterocycles. The van der Waals surface area contributed by atoms with Gasteiger partial charge in [-0.3, -0.25) is 0 Å². The van der Waals surface area contributed by atoms with Gasteiger partial charge >= 0.3 is 0 Å². The standard InChI is InChI=1S/C9H10FNO/c10-8-2-1-7-6-11-3-4-12-9(7)5-8/h1-2,5,11H,3-4,6H2. The average Bonchev–Trinajstić information content (AvgIpc) is 2.28. The summed E-state index contributed by atoms with van der Waals surface area (Å²) in [6.07, 6.45) is 0. The molecular formula is C9H10FNO. The number of fused-ring (bicyclic) bond motifs is 1. The number of hydrogen-bond acceptors (Lipinski definition) is 2. The Morgan fingerprint density at radius 3 is 3.25 bits per heavy atom. The van der Waals surface area contributed by atoms with Crippen molar-refractivity contribution in [1.29, 1.82) is 0 Å². The highest BCUT2D eigenvalue weighted by atomic mass is 19.1. The fourth-order valence-corrected chi connectivity index (χ4v) is 1.27. The first-order valence-corrected chi connectivity index (χ1v) is 3.98. The van der Waals surface area contributed by atoms with Crippen LogP contribution in [0.5, 0.6) is 5.75 Å². The van der Waals surface area contributed by atoms with Gasteiger partial charge in [-0.1, -0.05) is 6.07 Å². The van der Waals surface area contributed by atoms with Gasteiger partial charge in [0.2, 0.25) is 0 Å². The Morgan fingerprint density at radius 2 is 2.33 bits per heavy atom. The van der Waals surface area contributed by atoms with Gasteiger partial charge in [0.15, 0.2) is 0 Å². The zero-order valence-electron chi connectivity index (χ0n) is 6.64.